The summed E-state index contributed by atoms with van der Waals surface area (Å²) in [6, 6.07) is 7.65. The normalized spacial score (nSPS) is 11.1. The molecule has 0 atom stereocenters. The highest BCUT2D eigenvalue weighted by atomic mass is 35.5. The number of hydrogen-bond donors (Lipinski definition) is 2. The van der Waals surface area contributed by atoms with Crippen LogP contribution in [0.25, 0.3) is 20.4 Å². The van der Waals surface area contributed by atoms with E-state index in [0.717, 1.165) is 10.2 Å². The Balaban J connectivity index is 1.48. The molecule has 5 aromatic rings. The van der Waals surface area contributed by atoms with Crippen LogP contribution in [0.3, 0.4) is 0 Å². The van der Waals surface area contributed by atoms with Gasteiger partial charge in [-0.2, -0.15) is 0 Å². The summed E-state index contributed by atoms with van der Waals surface area (Å²) < 4.78 is 12.3. The Bertz CT molecular complexity index is 1570. The average Bonchev–Trinajstić information content (AvgIpc) is 3.46. The van der Waals surface area contributed by atoms with Gasteiger partial charge in [-0.15, -0.1) is 11.3 Å². The number of fused-ring (bicyclic) bond motifs is 2. The molecule has 0 aliphatic heterocycles. The molecule has 0 saturated heterocycles. The van der Waals surface area contributed by atoms with Crippen molar-refractivity contribution in [2.75, 3.05) is 24.9 Å². The van der Waals surface area contributed by atoms with E-state index in [1.807, 2.05) is 19.1 Å². The van der Waals surface area contributed by atoms with Gasteiger partial charge in [-0.25, -0.2) is 15.0 Å². The molecule has 12 heteroatoms. The van der Waals surface area contributed by atoms with Crippen molar-refractivity contribution in [3.05, 3.63) is 57.1 Å². The van der Waals surface area contributed by atoms with Crippen LogP contribution in [0.5, 0.6) is 11.5 Å². The summed E-state index contributed by atoms with van der Waals surface area (Å²) in [5.41, 5.74) is 3.10. The van der Waals surface area contributed by atoms with Gasteiger partial charge in [0.25, 0.3) is 5.91 Å². The van der Waals surface area contributed by atoms with Crippen molar-refractivity contribution in [2.24, 2.45) is 0 Å². The monoisotopic (exact) mass is 545 g/mol. The zero-order chi connectivity index (χ0) is 24.7. The van der Waals surface area contributed by atoms with E-state index >= 15 is 0 Å². The summed E-state index contributed by atoms with van der Waals surface area (Å²) in [4.78, 5) is 26.5. The van der Waals surface area contributed by atoms with E-state index in [1.54, 1.807) is 11.4 Å². The maximum Gasteiger partial charge on any atom is 0.258 e. The van der Waals surface area contributed by atoms with Crippen LogP contribution >= 0.6 is 45.9 Å². The number of carbonyl (C=O) groups excluding carboxylic acids is 1. The van der Waals surface area contributed by atoms with Gasteiger partial charge in [-0.1, -0.05) is 40.6 Å². The largest absolute Gasteiger partial charge is 0.495 e. The number of ether oxygens (including phenoxy) is 2. The number of halogens is 2. The number of thiazole rings is 1. The zero-order valence-corrected chi connectivity index (χ0v) is 21.7. The van der Waals surface area contributed by atoms with Crippen molar-refractivity contribution in [1.82, 2.24) is 15.0 Å². The summed E-state index contributed by atoms with van der Waals surface area (Å²) in [6.45, 7) is 2.04. The summed E-state index contributed by atoms with van der Waals surface area (Å²) >= 11 is 15.7. The van der Waals surface area contributed by atoms with Crippen molar-refractivity contribution >= 4 is 88.9 Å². The Hall–Kier alpha value is -3.18. The standard InChI is InChI=1S/C23H17Cl2N5O3S2/c1-10-4-5-12-15(6-10)35-23(28-12)30-21-20-18(26-9-27-21)11(8-34-20)22(31)29-19-16(24)13(32-2)7-14(33-3)17(19)25/h4-9H,1-3H3,(H,29,31)(H,26,27,28,30). The van der Waals surface area contributed by atoms with Crippen LogP contribution in [0.4, 0.5) is 16.6 Å². The lowest BCUT2D eigenvalue weighted by molar-refractivity contribution is 0.102. The highest BCUT2D eigenvalue weighted by Crippen LogP contribution is 2.44. The van der Waals surface area contributed by atoms with Gasteiger partial charge in [0.1, 0.15) is 27.9 Å². The van der Waals surface area contributed by atoms with Gasteiger partial charge in [0, 0.05) is 11.4 Å². The van der Waals surface area contributed by atoms with Gasteiger partial charge >= 0.3 is 0 Å². The number of rotatable bonds is 6. The third-order valence-electron chi connectivity index (χ3n) is 5.18. The molecule has 3 heterocycles. The zero-order valence-electron chi connectivity index (χ0n) is 18.6. The fourth-order valence-electron chi connectivity index (χ4n) is 3.46. The quantitative estimate of drug-likeness (QED) is 0.238. The van der Waals surface area contributed by atoms with Crippen LogP contribution in [0.1, 0.15) is 15.9 Å². The predicted octanol–water partition coefficient (Wildman–Crippen LogP) is 6.93. The molecule has 8 nitrogen and oxygen atoms in total. The molecular weight excluding hydrogens is 529 g/mol. The molecule has 0 saturated carbocycles. The first-order valence-electron chi connectivity index (χ1n) is 10.2. The van der Waals surface area contributed by atoms with Crippen molar-refractivity contribution < 1.29 is 14.3 Å². The van der Waals surface area contributed by atoms with E-state index in [1.165, 1.54) is 48.8 Å². The van der Waals surface area contributed by atoms with Gasteiger partial charge in [0.15, 0.2) is 10.9 Å². The number of amides is 1. The number of methoxy groups -OCH3 is 2. The van der Waals surface area contributed by atoms with Gasteiger partial charge in [0.05, 0.1) is 45.9 Å². The molecule has 2 aromatic carbocycles. The maximum atomic E-state index is 13.2. The maximum absolute atomic E-state index is 13.2. The van der Waals surface area contributed by atoms with E-state index in [9.17, 15) is 4.79 Å². The molecule has 0 spiro atoms. The molecule has 0 bridgehead atoms. The molecule has 5 rings (SSSR count). The second-order valence-corrected chi connectivity index (χ2v) is 10.1. The molecule has 3 aromatic heterocycles. The number of thiophene rings is 1. The number of benzene rings is 2. The van der Waals surface area contributed by atoms with Crippen LogP contribution in [0.15, 0.2) is 36.0 Å². The lowest BCUT2D eigenvalue weighted by Gasteiger charge is -2.15. The van der Waals surface area contributed by atoms with E-state index < -0.39 is 5.91 Å². The molecule has 2 N–H and O–H groups in total. The van der Waals surface area contributed by atoms with E-state index in [2.05, 4.69) is 31.7 Å². The van der Waals surface area contributed by atoms with Gasteiger partial charge in [0.2, 0.25) is 0 Å². The minimum atomic E-state index is -0.435. The van der Waals surface area contributed by atoms with Crippen LogP contribution in [-0.4, -0.2) is 35.1 Å². The lowest BCUT2D eigenvalue weighted by Crippen LogP contribution is -2.13. The fraction of sp³-hybridized carbons (Fsp3) is 0.130. The number of anilines is 3. The summed E-state index contributed by atoms with van der Waals surface area (Å²) in [5, 5.41) is 8.77. The summed E-state index contributed by atoms with van der Waals surface area (Å²) in [7, 11) is 2.93. The second kappa shape index (κ2) is 9.46. The first-order chi connectivity index (χ1) is 16.9. The topological polar surface area (TPSA) is 98.3 Å². The molecule has 0 aliphatic rings. The highest BCUT2D eigenvalue weighted by Gasteiger charge is 2.22. The molecule has 0 unspecified atom stereocenters. The van der Waals surface area contributed by atoms with Crippen LogP contribution in [-0.2, 0) is 0 Å². The molecule has 0 fully saturated rings. The van der Waals surface area contributed by atoms with Crippen LogP contribution < -0.4 is 20.1 Å². The molecular formula is C23H17Cl2N5O3S2. The molecule has 0 aliphatic carbocycles. The first kappa shape index (κ1) is 23.6. The minimum Gasteiger partial charge on any atom is -0.495 e. The molecule has 0 radical (unpaired) electrons. The molecule has 1 amide bonds. The Labute approximate surface area is 217 Å². The lowest BCUT2D eigenvalue weighted by atomic mass is 10.2. The Kier molecular flexibility index (Phi) is 6.37. The van der Waals surface area contributed by atoms with Crippen molar-refractivity contribution in [3.63, 3.8) is 0 Å². The Morgan fingerprint density at radius 2 is 1.80 bits per heavy atom. The molecule has 178 valence electrons. The number of nitrogens with zero attached hydrogens (tertiary/aromatic N) is 3. The average molecular weight is 546 g/mol. The van der Waals surface area contributed by atoms with Gasteiger partial charge in [-0.3, -0.25) is 4.79 Å². The second-order valence-electron chi connectivity index (χ2n) is 7.40. The van der Waals surface area contributed by atoms with E-state index in [0.29, 0.717) is 38.2 Å². The predicted molar refractivity (Wildman–Crippen MR) is 143 cm³/mol. The highest BCUT2D eigenvalue weighted by molar-refractivity contribution is 7.22. The van der Waals surface area contributed by atoms with E-state index in [-0.39, 0.29) is 15.7 Å². The van der Waals surface area contributed by atoms with Crippen molar-refractivity contribution in [1.29, 1.82) is 0 Å². The first-order valence-corrected chi connectivity index (χ1v) is 12.6. The van der Waals surface area contributed by atoms with E-state index in [4.69, 9.17) is 32.7 Å². The number of aromatic nitrogens is 3. The summed E-state index contributed by atoms with van der Waals surface area (Å²) in [6.07, 6.45) is 1.40. The Morgan fingerprint density at radius 1 is 1.06 bits per heavy atom. The minimum absolute atomic E-state index is 0.161. The number of aryl methyl sites for hydroxylation is 1. The number of hydrogen-bond acceptors (Lipinski definition) is 9. The smallest absolute Gasteiger partial charge is 0.258 e. The van der Waals surface area contributed by atoms with Crippen molar-refractivity contribution in [2.45, 2.75) is 6.92 Å². The number of nitrogens with one attached hydrogen (secondary N) is 2. The molecule has 35 heavy (non-hydrogen) atoms. The van der Waals surface area contributed by atoms with Gasteiger partial charge in [-0.05, 0) is 24.6 Å². The third-order valence-corrected chi connectivity index (χ3v) is 7.84. The summed E-state index contributed by atoms with van der Waals surface area (Å²) in [5.74, 6) is 0.765. The van der Waals surface area contributed by atoms with Crippen molar-refractivity contribution in [3.8, 4) is 11.5 Å². The third kappa shape index (κ3) is 4.34. The van der Waals surface area contributed by atoms with Gasteiger partial charge < -0.3 is 20.1 Å². The Morgan fingerprint density at radius 3 is 2.51 bits per heavy atom. The van der Waals surface area contributed by atoms with Crippen LogP contribution in [0.2, 0.25) is 10.0 Å². The fourth-order valence-corrected chi connectivity index (χ4v) is 5.97. The van der Waals surface area contributed by atoms with Crippen LogP contribution in [0, 0.1) is 6.92 Å². The SMILES string of the molecule is COc1cc(OC)c(Cl)c(NC(=O)c2csc3c(Nc4nc5ccc(C)cc5s4)ncnc23)c1Cl. The number of carbonyl (C=O) groups is 1.